The minimum absolute atomic E-state index is 0.0130. The molecule has 0 spiro atoms. The molecule has 4 fully saturated rings. The van der Waals surface area contributed by atoms with Crippen LogP contribution < -0.4 is 5.32 Å². The van der Waals surface area contributed by atoms with E-state index in [0.717, 1.165) is 40.0 Å². The van der Waals surface area contributed by atoms with Gasteiger partial charge in [-0.15, -0.1) is 0 Å². The maximum absolute atomic E-state index is 13.6. The molecule has 1 unspecified atom stereocenters. The van der Waals surface area contributed by atoms with Crippen molar-refractivity contribution in [1.29, 1.82) is 0 Å². The monoisotopic (exact) mass is 411 g/mol. The zero-order chi connectivity index (χ0) is 21.0. The van der Waals surface area contributed by atoms with Crippen molar-refractivity contribution >= 4 is 16.8 Å². The van der Waals surface area contributed by atoms with Gasteiger partial charge < -0.3 is 5.32 Å². The van der Waals surface area contributed by atoms with Crippen molar-refractivity contribution in [3.63, 3.8) is 0 Å². The molecule has 0 saturated heterocycles. The number of pyridine rings is 2. The first-order chi connectivity index (χ1) is 15.1. The molecule has 1 aromatic carbocycles. The Morgan fingerprint density at radius 2 is 1.65 bits per heavy atom. The third-order valence-corrected chi connectivity index (χ3v) is 8.24. The Kier molecular flexibility index (Phi) is 4.38. The number of hydrogen-bond donors (Lipinski definition) is 1. The summed E-state index contributed by atoms with van der Waals surface area (Å²) in [6.45, 7) is 2.24. The van der Waals surface area contributed by atoms with Crippen LogP contribution in [0.5, 0.6) is 0 Å². The second-order valence-corrected chi connectivity index (χ2v) is 10.3. The van der Waals surface area contributed by atoms with Crippen molar-refractivity contribution in [2.45, 2.75) is 51.5 Å². The summed E-state index contributed by atoms with van der Waals surface area (Å²) in [5, 5.41) is 4.34. The van der Waals surface area contributed by atoms with E-state index in [1.807, 2.05) is 48.5 Å². The lowest BCUT2D eigenvalue weighted by Gasteiger charge is -2.59. The Labute approximate surface area is 183 Å². The summed E-state index contributed by atoms with van der Waals surface area (Å²) in [6, 6.07) is 15.8. The maximum Gasteiger partial charge on any atom is 0.252 e. The Balaban J connectivity index is 1.34. The van der Waals surface area contributed by atoms with E-state index in [1.54, 1.807) is 6.20 Å². The molecule has 4 bridgehead atoms. The summed E-state index contributed by atoms with van der Waals surface area (Å²) in [5.74, 6) is 2.65. The first kappa shape index (κ1) is 19.0. The van der Waals surface area contributed by atoms with Crippen LogP contribution in [0.15, 0.2) is 54.7 Å². The van der Waals surface area contributed by atoms with Crippen molar-refractivity contribution < 1.29 is 4.79 Å². The van der Waals surface area contributed by atoms with Gasteiger partial charge in [0.15, 0.2) is 0 Å². The number of carbonyl (C=O) groups excluding carboxylic acids is 1. The lowest BCUT2D eigenvalue weighted by molar-refractivity contribution is -0.0687. The fraction of sp³-hybridized carbons (Fsp3) is 0.444. The van der Waals surface area contributed by atoms with E-state index in [0.29, 0.717) is 5.56 Å². The van der Waals surface area contributed by atoms with Gasteiger partial charge in [0, 0.05) is 17.6 Å². The number of fused-ring (bicyclic) bond motifs is 1. The molecule has 4 saturated carbocycles. The highest BCUT2D eigenvalue weighted by Gasteiger charge is 2.53. The highest BCUT2D eigenvalue weighted by Crippen LogP contribution is 2.61. The van der Waals surface area contributed by atoms with Crippen LogP contribution in [0.2, 0.25) is 0 Å². The number of para-hydroxylation sites is 1. The Morgan fingerprint density at radius 3 is 2.32 bits per heavy atom. The van der Waals surface area contributed by atoms with Crippen LogP contribution in [0.25, 0.3) is 22.3 Å². The van der Waals surface area contributed by atoms with Crippen molar-refractivity contribution in [2.24, 2.45) is 23.2 Å². The van der Waals surface area contributed by atoms with Gasteiger partial charge in [-0.3, -0.25) is 9.78 Å². The molecule has 7 rings (SSSR count). The molecular formula is C27H29N3O. The van der Waals surface area contributed by atoms with Gasteiger partial charge in [-0.1, -0.05) is 24.3 Å². The molecule has 1 amide bonds. The first-order valence-corrected chi connectivity index (χ1v) is 11.7. The van der Waals surface area contributed by atoms with E-state index in [9.17, 15) is 4.79 Å². The van der Waals surface area contributed by atoms with E-state index >= 15 is 0 Å². The van der Waals surface area contributed by atoms with E-state index in [2.05, 4.69) is 17.2 Å². The number of aromatic nitrogens is 2. The first-order valence-electron chi connectivity index (χ1n) is 11.7. The molecule has 4 aliphatic carbocycles. The topological polar surface area (TPSA) is 54.9 Å². The maximum atomic E-state index is 13.6. The Hall–Kier alpha value is -2.75. The van der Waals surface area contributed by atoms with Gasteiger partial charge in [-0.2, -0.15) is 0 Å². The van der Waals surface area contributed by atoms with Crippen LogP contribution in [0, 0.1) is 23.2 Å². The normalized spacial score (nSPS) is 29.8. The molecule has 3 aromatic rings. The van der Waals surface area contributed by atoms with Crippen LogP contribution in [0.1, 0.15) is 55.8 Å². The fourth-order valence-corrected chi connectivity index (χ4v) is 7.14. The molecule has 1 N–H and O–H groups in total. The quantitative estimate of drug-likeness (QED) is 0.605. The van der Waals surface area contributed by atoms with Crippen LogP contribution in [-0.2, 0) is 0 Å². The number of amides is 1. The van der Waals surface area contributed by atoms with E-state index in [4.69, 9.17) is 4.98 Å². The number of nitrogens with zero attached hydrogens (tertiary/aromatic N) is 2. The highest BCUT2D eigenvalue weighted by molar-refractivity contribution is 6.07. The number of hydrogen-bond acceptors (Lipinski definition) is 3. The lowest BCUT2D eigenvalue weighted by Crippen LogP contribution is -2.55. The Morgan fingerprint density at radius 1 is 0.968 bits per heavy atom. The van der Waals surface area contributed by atoms with Crippen LogP contribution in [0.3, 0.4) is 0 Å². The molecule has 4 heteroatoms. The average Bonchev–Trinajstić information content (AvgIpc) is 2.78. The molecule has 158 valence electrons. The number of rotatable bonds is 4. The van der Waals surface area contributed by atoms with E-state index in [-0.39, 0.29) is 17.4 Å². The van der Waals surface area contributed by atoms with Crippen molar-refractivity contribution in [1.82, 2.24) is 15.3 Å². The third kappa shape index (κ3) is 3.24. The van der Waals surface area contributed by atoms with Gasteiger partial charge in [0.1, 0.15) is 0 Å². The fourth-order valence-electron chi connectivity index (χ4n) is 7.14. The number of nitrogens with one attached hydrogen (secondary N) is 1. The molecular weight excluding hydrogens is 382 g/mol. The second kappa shape index (κ2) is 7.15. The minimum atomic E-state index is 0.0130. The summed E-state index contributed by atoms with van der Waals surface area (Å²) in [6.07, 6.45) is 9.89. The lowest BCUT2D eigenvalue weighted by atomic mass is 9.48. The third-order valence-electron chi connectivity index (χ3n) is 8.24. The van der Waals surface area contributed by atoms with E-state index < -0.39 is 0 Å². The van der Waals surface area contributed by atoms with Crippen molar-refractivity contribution in [3.05, 3.63) is 60.3 Å². The highest BCUT2D eigenvalue weighted by atomic mass is 16.1. The molecule has 31 heavy (non-hydrogen) atoms. The number of carbonyl (C=O) groups is 1. The van der Waals surface area contributed by atoms with E-state index in [1.165, 1.54) is 38.5 Å². The van der Waals surface area contributed by atoms with Crippen molar-refractivity contribution in [3.8, 4) is 11.4 Å². The number of benzene rings is 1. The van der Waals surface area contributed by atoms with Crippen LogP contribution in [0.4, 0.5) is 0 Å². The molecule has 0 aliphatic heterocycles. The van der Waals surface area contributed by atoms with Gasteiger partial charge in [0.2, 0.25) is 0 Å². The molecule has 4 nitrogen and oxygen atoms in total. The minimum Gasteiger partial charge on any atom is -0.349 e. The Bertz CT molecular complexity index is 1100. The summed E-state index contributed by atoms with van der Waals surface area (Å²) in [7, 11) is 0. The van der Waals surface area contributed by atoms with Crippen LogP contribution >= 0.6 is 0 Å². The zero-order valence-electron chi connectivity index (χ0n) is 18.1. The van der Waals surface area contributed by atoms with Crippen molar-refractivity contribution in [2.75, 3.05) is 0 Å². The molecule has 2 heterocycles. The summed E-state index contributed by atoms with van der Waals surface area (Å²) in [5.41, 5.74) is 3.35. The van der Waals surface area contributed by atoms with Gasteiger partial charge in [0.05, 0.1) is 22.5 Å². The molecule has 0 radical (unpaired) electrons. The summed E-state index contributed by atoms with van der Waals surface area (Å²) < 4.78 is 0. The smallest absolute Gasteiger partial charge is 0.252 e. The summed E-state index contributed by atoms with van der Waals surface area (Å²) in [4.78, 5) is 22.8. The zero-order valence-corrected chi connectivity index (χ0v) is 18.1. The van der Waals surface area contributed by atoms with Gasteiger partial charge in [-0.05, 0) is 92.9 Å². The standard InChI is InChI=1S/C27H29N3O/c1-17(27-14-18-10-19(15-27)12-20(11-18)16-27)29-26(31)22-13-25(24-8-4-5-9-28-24)30-23-7-3-2-6-21(22)23/h2-9,13,17-20H,10-12,14-16H2,1H3,(H,29,31). The molecule has 2 aromatic heterocycles. The predicted octanol–water partition coefficient (Wildman–Crippen LogP) is 5.63. The van der Waals surface area contributed by atoms with Gasteiger partial charge in [-0.25, -0.2) is 4.98 Å². The second-order valence-electron chi connectivity index (χ2n) is 10.3. The summed E-state index contributed by atoms with van der Waals surface area (Å²) >= 11 is 0. The van der Waals surface area contributed by atoms with Gasteiger partial charge in [0.25, 0.3) is 5.91 Å². The van der Waals surface area contributed by atoms with Crippen LogP contribution in [-0.4, -0.2) is 21.9 Å². The predicted molar refractivity (Wildman–Crippen MR) is 123 cm³/mol. The van der Waals surface area contributed by atoms with Gasteiger partial charge >= 0.3 is 0 Å². The SMILES string of the molecule is CC(NC(=O)c1cc(-c2ccccn2)nc2ccccc12)C12CC3CC(CC(C3)C1)C2. The average molecular weight is 412 g/mol. The molecule has 1 atom stereocenters. The largest absolute Gasteiger partial charge is 0.349 e. The molecule has 4 aliphatic rings.